The van der Waals surface area contributed by atoms with Gasteiger partial charge in [0.25, 0.3) is 0 Å². The molecule has 0 unspecified atom stereocenters. The molecule has 2 nitrogen and oxygen atoms in total. The second-order valence-electron chi connectivity index (χ2n) is 3.45. The monoisotopic (exact) mass is 238 g/mol. The summed E-state index contributed by atoms with van der Waals surface area (Å²) >= 11 is 3.35. The van der Waals surface area contributed by atoms with Crippen LogP contribution < -0.4 is 0 Å². The third-order valence-corrected chi connectivity index (χ3v) is 2.49. The van der Waals surface area contributed by atoms with E-state index in [1.54, 1.807) is 0 Å². The number of aromatic nitrogens is 2. The van der Waals surface area contributed by atoms with Gasteiger partial charge in [-0.1, -0.05) is 19.9 Å². The van der Waals surface area contributed by atoms with Gasteiger partial charge in [-0.2, -0.15) is 0 Å². The summed E-state index contributed by atoms with van der Waals surface area (Å²) in [5.74, 6) is 0.561. The molecule has 2 aromatic rings. The number of fused-ring (bicyclic) bond motifs is 1. The molecule has 0 aliphatic rings. The van der Waals surface area contributed by atoms with Gasteiger partial charge in [0.15, 0.2) is 0 Å². The minimum Gasteiger partial charge on any atom is -0.306 e. The lowest BCUT2D eigenvalue weighted by atomic mass is 10.1. The summed E-state index contributed by atoms with van der Waals surface area (Å²) in [6.45, 7) is 4.38. The van der Waals surface area contributed by atoms with Crippen molar-refractivity contribution in [2.45, 2.75) is 19.8 Å². The molecule has 0 saturated carbocycles. The van der Waals surface area contributed by atoms with Crippen LogP contribution in [0.2, 0.25) is 0 Å². The van der Waals surface area contributed by atoms with Crippen molar-refractivity contribution in [1.29, 1.82) is 0 Å². The molecule has 2 heterocycles. The molecule has 13 heavy (non-hydrogen) atoms. The standard InChI is InChI=1S/C10H11BrN2/c1-7(2)8-3-4-10-12-9(11)6-13(10)5-8/h3-7H,1-2H3. The van der Waals surface area contributed by atoms with E-state index < -0.39 is 0 Å². The second kappa shape index (κ2) is 3.14. The third-order valence-electron chi connectivity index (χ3n) is 2.11. The highest BCUT2D eigenvalue weighted by molar-refractivity contribution is 9.10. The average Bonchev–Trinajstić information content (AvgIpc) is 2.42. The lowest BCUT2D eigenvalue weighted by Crippen LogP contribution is -1.91. The molecule has 0 radical (unpaired) electrons. The van der Waals surface area contributed by atoms with Crippen molar-refractivity contribution in [3.8, 4) is 0 Å². The molecule has 0 bridgehead atoms. The number of hydrogen-bond donors (Lipinski definition) is 0. The zero-order valence-electron chi connectivity index (χ0n) is 7.66. The highest BCUT2D eigenvalue weighted by Gasteiger charge is 2.02. The van der Waals surface area contributed by atoms with Crippen LogP contribution in [0.15, 0.2) is 29.1 Å². The van der Waals surface area contributed by atoms with Gasteiger partial charge < -0.3 is 4.40 Å². The maximum Gasteiger partial charge on any atom is 0.138 e. The van der Waals surface area contributed by atoms with Crippen molar-refractivity contribution >= 4 is 21.6 Å². The first-order valence-corrected chi connectivity index (χ1v) is 5.10. The fourth-order valence-electron chi connectivity index (χ4n) is 1.32. The Kier molecular flexibility index (Phi) is 2.12. The Balaban J connectivity index is 2.61. The predicted octanol–water partition coefficient (Wildman–Crippen LogP) is 3.22. The predicted molar refractivity (Wildman–Crippen MR) is 57.0 cm³/mol. The fraction of sp³-hybridized carbons (Fsp3) is 0.300. The molecule has 0 amide bonds. The quantitative estimate of drug-likeness (QED) is 0.746. The van der Waals surface area contributed by atoms with Crippen LogP contribution in [0.25, 0.3) is 5.65 Å². The molecule has 0 N–H and O–H groups in total. The molecule has 68 valence electrons. The van der Waals surface area contributed by atoms with Crippen LogP contribution in [-0.4, -0.2) is 9.38 Å². The molecule has 0 atom stereocenters. The van der Waals surface area contributed by atoms with Crippen LogP contribution >= 0.6 is 15.9 Å². The topological polar surface area (TPSA) is 17.3 Å². The molecular weight excluding hydrogens is 228 g/mol. The second-order valence-corrected chi connectivity index (χ2v) is 4.26. The van der Waals surface area contributed by atoms with E-state index in [2.05, 4.69) is 47.0 Å². The normalized spacial score (nSPS) is 11.4. The van der Waals surface area contributed by atoms with Gasteiger partial charge in [-0.3, -0.25) is 0 Å². The average molecular weight is 239 g/mol. The minimum atomic E-state index is 0.561. The molecule has 0 aromatic carbocycles. The third kappa shape index (κ3) is 1.61. The Morgan fingerprint density at radius 2 is 2.08 bits per heavy atom. The SMILES string of the molecule is CC(C)c1ccc2nc(Br)cn2c1. The van der Waals surface area contributed by atoms with Crippen LogP contribution in [0.5, 0.6) is 0 Å². The van der Waals surface area contributed by atoms with Crippen molar-refractivity contribution in [3.63, 3.8) is 0 Å². The number of hydrogen-bond acceptors (Lipinski definition) is 1. The lowest BCUT2D eigenvalue weighted by molar-refractivity contribution is 0.854. The summed E-state index contributed by atoms with van der Waals surface area (Å²) in [7, 11) is 0. The van der Waals surface area contributed by atoms with Crippen molar-refractivity contribution in [2.24, 2.45) is 0 Å². The summed E-state index contributed by atoms with van der Waals surface area (Å²) in [6.07, 6.45) is 4.10. The van der Waals surface area contributed by atoms with Crippen molar-refractivity contribution in [3.05, 3.63) is 34.7 Å². The maximum absolute atomic E-state index is 4.29. The number of pyridine rings is 1. The summed E-state index contributed by atoms with van der Waals surface area (Å²) < 4.78 is 2.92. The van der Waals surface area contributed by atoms with Crippen LogP contribution in [0, 0.1) is 0 Å². The highest BCUT2D eigenvalue weighted by Crippen LogP contribution is 2.17. The van der Waals surface area contributed by atoms with Crippen molar-refractivity contribution < 1.29 is 0 Å². The van der Waals surface area contributed by atoms with Gasteiger partial charge in [-0.05, 0) is 33.5 Å². The van der Waals surface area contributed by atoms with Gasteiger partial charge in [0, 0.05) is 12.4 Å². The van der Waals surface area contributed by atoms with Crippen LogP contribution in [0.4, 0.5) is 0 Å². The van der Waals surface area contributed by atoms with Gasteiger partial charge in [0.05, 0.1) is 0 Å². The Hall–Kier alpha value is -0.830. The summed E-state index contributed by atoms with van der Waals surface area (Å²) in [6, 6.07) is 4.17. The summed E-state index contributed by atoms with van der Waals surface area (Å²) in [4.78, 5) is 4.29. The number of imidazole rings is 1. The number of halogens is 1. The maximum atomic E-state index is 4.29. The summed E-state index contributed by atoms with van der Waals surface area (Å²) in [5, 5.41) is 0. The van der Waals surface area contributed by atoms with E-state index in [1.165, 1.54) is 5.56 Å². The molecule has 3 heteroatoms. The Labute approximate surface area is 85.7 Å². The summed E-state index contributed by atoms with van der Waals surface area (Å²) in [5.41, 5.74) is 2.31. The number of rotatable bonds is 1. The van der Waals surface area contributed by atoms with Gasteiger partial charge >= 0.3 is 0 Å². The van der Waals surface area contributed by atoms with E-state index >= 15 is 0 Å². The van der Waals surface area contributed by atoms with Crippen LogP contribution in [-0.2, 0) is 0 Å². The Morgan fingerprint density at radius 1 is 1.31 bits per heavy atom. The highest BCUT2D eigenvalue weighted by atomic mass is 79.9. The Morgan fingerprint density at radius 3 is 2.77 bits per heavy atom. The molecule has 0 fully saturated rings. The van der Waals surface area contributed by atoms with Gasteiger partial charge in [0.2, 0.25) is 0 Å². The van der Waals surface area contributed by atoms with Gasteiger partial charge in [0.1, 0.15) is 10.3 Å². The molecular formula is C10H11BrN2. The molecule has 0 spiro atoms. The van der Waals surface area contributed by atoms with Crippen LogP contribution in [0.1, 0.15) is 25.3 Å². The van der Waals surface area contributed by atoms with Crippen LogP contribution in [0.3, 0.4) is 0 Å². The minimum absolute atomic E-state index is 0.561. The van der Waals surface area contributed by atoms with E-state index in [4.69, 9.17) is 0 Å². The number of nitrogens with zero attached hydrogens (tertiary/aromatic N) is 2. The lowest BCUT2D eigenvalue weighted by Gasteiger charge is -2.04. The van der Waals surface area contributed by atoms with E-state index in [1.807, 2.05) is 16.7 Å². The largest absolute Gasteiger partial charge is 0.306 e. The van der Waals surface area contributed by atoms with Crippen molar-refractivity contribution in [2.75, 3.05) is 0 Å². The first kappa shape index (κ1) is 8.75. The fourth-order valence-corrected chi connectivity index (χ4v) is 1.72. The van der Waals surface area contributed by atoms with Gasteiger partial charge in [-0.25, -0.2) is 4.98 Å². The zero-order valence-corrected chi connectivity index (χ0v) is 9.25. The zero-order chi connectivity index (χ0) is 9.42. The first-order chi connectivity index (χ1) is 6.16. The van der Waals surface area contributed by atoms with E-state index in [0.717, 1.165) is 10.3 Å². The molecule has 0 saturated heterocycles. The van der Waals surface area contributed by atoms with Crippen molar-refractivity contribution in [1.82, 2.24) is 9.38 Å². The molecule has 0 aliphatic heterocycles. The molecule has 2 aromatic heterocycles. The van der Waals surface area contributed by atoms with Gasteiger partial charge in [-0.15, -0.1) is 0 Å². The smallest absolute Gasteiger partial charge is 0.138 e. The van der Waals surface area contributed by atoms with E-state index in [-0.39, 0.29) is 0 Å². The molecule has 2 rings (SSSR count). The van der Waals surface area contributed by atoms with E-state index in [9.17, 15) is 0 Å². The Bertz CT molecular complexity index is 431. The first-order valence-electron chi connectivity index (χ1n) is 4.31. The van der Waals surface area contributed by atoms with E-state index in [0.29, 0.717) is 5.92 Å². The molecule has 0 aliphatic carbocycles.